The van der Waals surface area contributed by atoms with Gasteiger partial charge in [-0.15, -0.1) is 0 Å². The van der Waals surface area contributed by atoms with Crippen molar-refractivity contribution in [2.24, 2.45) is 23.7 Å². The van der Waals surface area contributed by atoms with E-state index in [2.05, 4.69) is 13.8 Å². The summed E-state index contributed by atoms with van der Waals surface area (Å²) in [6.45, 7) is 4.95. The molecule has 0 N–H and O–H groups in total. The topological polar surface area (TPSA) is 0 Å². The van der Waals surface area contributed by atoms with Crippen molar-refractivity contribution in [2.45, 2.75) is 52.4 Å². The SMILES string of the molecule is C[C@H]1[C@H]2CCCC[C@H]2CC[C@@H]1C. The summed E-state index contributed by atoms with van der Waals surface area (Å²) in [5.41, 5.74) is 0. The fourth-order valence-electron chi connectivity index (χ4n) is 3.45. The quantitative estimate of drug-likeness (QED) is 0.512. The molecule has 70 valence electrons. The van der Waals surface area contributed by atoms with Gasteiger partial charge in [-0.1, -0.05) is 39.5 Å². The molecule has 0 aromatic heterocycles. The summed E-state index contributed by atoms with van der Waals surface area (Å²) in [6.07, 6.45) is 9.15. The number of hydrogen-bond acceptors (Lipinski definition) is 0. The molecule has 0 bridgehead atoms. The van der Waals surface area contributed by atoms with Gasteiger partial charge in [0.15, 0.2) is 0 Å². The molecule has 0 unspecified atom stereocenters. The second kappa shape index (κ2) is 3.40. The normalized spacial score (nSPS) is 48.5. The van der Waals surface area contributed by atoms with Gasteiger partial charge in [-0.05, 0) is 36.5 Å². The second-order valence-corrected chi connectivity index (χ2v) is 5.12. The highest BCUT2D eigenvalue weighted by molar-refractivity contribution is 4.85. The van der Waals surface area contributed by atoms with Crippen LogP contribution >= 0.6 is 0 Å². The van der Waals surface area contributed by atoms with Crippen molar-refractivity contribution >= 4 is 0 Å². The average Bonchev–Trinajstić information content (AvgIpc) is 2.12. The highest BCUT2D eigenvalue weighted by atomic mass is 14.4. The summed E-state index contributed by atoms with van der Waals surface area (Å²) >= 11 is 0. The number of hydrogen-bond donors (Lipinski definition) is 0. The molecule has 2 aliphatic rings. The highest BCUT2D eigenvalue weighted by Gasteiger charge is 2.35. The maximum Gasteiger partial charge on any atom is -0.0358 e. The third kappa shape index (κ3) is 1.41. The van der Waals surface area contributed by atoms with Gasteiger partial charge in [-0.3, -0.25) is 0 Å². The van der Waals surface area contributed by atoms with Gasteiger partial charge in [-0.2, -0.15) is 0 Å². The molecule has 0 amide bonds. The van der Waals surface area contributed by atoms with Crippen molar-refractivity contribution in [1.82, 2.24) is 0 Å². The molecule has 0 radical (unpaired) electrons. The summed E-state index contributed by atoms with van der Waals surface area (Å²) in [5, 5.41) is 0. The Balaban J connectivity index is 2.03. The summed E-state index contributed by atoms with van der Waals surface area (Å²) in [6, 6.07) is 0. The standard InChI is InChI=1S/C12H22/c1-9-7-8-11-5-3-4-6-12(11)10(9)2/h9-12H,3-8H2,1-2H3/t9-,10+,11-,12+/m0/s1. The number of fused-ring (bicyclic) bond motifs is 1. The molecule has 2 fully saturated rings. The number of rotatable bonds is 0. The monoisotopic (exact) mass is 166 g/mol. The predicted octanol–water partition coefficient (Wildman–Crippen LogP) is 3.86. The summed E-state index contributed by atoms with van der Waals surface area (Å²) < 4.78 is 0. The first-order valence-corrected chi connectivity index (χ1v) is 5.79. The molecule has 2 rings (SSSR count). The maximum atomic E-state index is 2.49. The molecule has 0 saturated heterocycles. The van der Waals surface area contributed by atoms with Gasteiger partial charge in [0, 0.05) is 0 Å². The zero-order valence-corrected chi connectivity index (χ0v) is 8.55. The first-order valence-electron chi connectivity index (χ1n) is 5.79. The van der Waals surface area contributed by atoms with Crippen molar-refractivity contribution in [2.75, 3.05) is 0 Å². The zero-order chi connectivity index (χ0) is 8.55. The van der Waals surface area contributed by atoms with Gasteiger partial charge >= 0.3 is 0 Å². The molecule has 2 saturated carbocycles. The minimum absolute atomic E-state index is 1.00. The lowest BCUT2D eigenvalue weighted by Gasteiger charge is -2.43. The minimum Gasteiger partial charge on any atom is -0.0622 e. The van der Waals surface area contributed by atoms with Gasteiger partial charge in [0.2, 0.25) is 0 Å². The first-order chi connectivity index (χ1) is 5.79. The molecule has 0 nitrogen and oxygen atoms in total. The second-order valence-electron chi connectivity index (χ2n) is 5.12. The van der Waals surface area contributed by atoms with E-state index in [-0.39, 0.29) is 0 Å². The Kier molecular flexibility index (Phi) is 2.43. The Morgan fingerprint density at radius 1 is 0.833 bits per heavy atom. The Hall–Kier alpha value is 0. The molecular formula is C12H22. The van der Waals surface area contributed by atoms with Crippen LogP contribution in [0.3, 0.4) is 0 Å². The van der Waals surface area contributed by atoms with E-state index in [0.29, 0.717) is 0 Å². The van der Waals surface area contributed by atoms with Crippen LogP contribution in [0.25, 0.3) is 0 Å². The Labute approximate surface area is 76.7 Å². The molecule has 0 aliphatic heterocycles. The highest BCUT2D eigenvalue weighted by Crippen LogP contribution is 2.45. The van der Waals surface area contributed by atoms with Gasteiger partial charge in [0.25, 0.3) is 0 Å². The fraction of sp³-hybridized carbons (Fsp3) is 1.00. The van der Waals surface area contributed by atoms with E-state index in [1.54, 1.807) is 6.42 Å². The lowest BCUT2D eigenvalue weighted by atomic mass is 9.63. The van der Waals surface area contributed by atoms with Crippen LogP contribution in [-0.2, 0) is 0 Å². The van der Waals surface area contributed by atoms with Gasteiger partial charge < -0.3 is 0 Å². The predicted molar refractivity (Wildman–Crippen MR) is 53.0 cm³/mol. The van der Waals surface area contributed by atoms with E-state index in [1.807, 2.05) is 0 Å². The molecule has 0 spiro atoms. The van der Waals surface area contributed by atoms with E-state index >= 15 is 0 Å². The molecule has 0 heterocycles. The van der Waals surface area contributed by atoms with Crippen molar-refractivity contribution < 1.29 is 0 Å². The van der Waals surface area contributed by atoms with Crippen molar-refractivity contribution in [3.05, 3.63) is 0 Å². The van der Waals surface area contributed by atoms with E-state index in [0.717, 1.165) is 23.7 Å². The molecule has 0 aromatic carbocycles. The maximum absolute atomic E-state index is 2.49. The molecule has 0 aromatic rings. The molecular weight excluding hydrogens is 144 g/mol. The largest absolute Gasteiger partial charge is 0.0622 e. The van der Waals surface area contributed by atoms with Crippen molar-refractivity contribution in [1.29, 1.82) is 0 Å². The minimum atomic E-state index is 1.00. The van der Waals surface area contributed by atoms with Crippen LogP contribution in [0.5, 0.6) is 0 Å². The zero-order valence-electron chi connectivity index (χ0n) is 8.55. The van der Waals surface area contributed by atoms with Crippen LogP contribution in [0.4, 0.5) is 0 Å². The molecule has 4 atom stereocenters. The third-order valence-corrected chi connectivity index (χ3v) is 4.53. The van der Waals surface area contributed by atoms with E-state index < -0.39 is 0 Å². The Bertz CT molecular complexity index is 148. The van der Waals surface area contributed by atoms with Crippen molar-refractivity contribution in [3.8, 4) is 0 Å². The van der Waals surface area contributed by atoms with Gasteiger partial charge in [-0.25, -0.2) is 0 Å². The summed E-state index contributed by atoms with van der Waals surface area (Å²) in [5.74, 6) is 4.24. The fourth-order valence-corrected chi connectivity index (χ4v) is 3.45. The summed E-state index contributed by atoms with van der Waals surface area (Å²) in [4.78, 5) is 0. The molecule has 12 heavy (non-hydrogen) atoms. The lowest BCUT2D eigenvalue weighted by molar-refractivity contribution is 0.0734. The van der Waals surface area contributed by atoms with Crippen LogP contribution in [-0.4, -0.2) is 0 Å². The Morgan fingerprint density at radius 2 is 1.58 bits per heavy atom. The van der Waals surface area contributed by atoms with Crippen LogP contribution < -0.4 is 0 Å². The van der Waals surface area contributed by atoms with Gasteiger partial charge in [0.1, 0.15) is 0 Å². The van der Waals surface area contributed by atoms with Crippen LogP contribution in [0.2, 0.25) is 0 Å². The lowest BCUT2D eigenvalue weighted by Crippen LogP contribution is -2.33. The van der Waals surface area contributed by atoms with E-state index in [9.17, 15) is 0 Å². The van der Waals surface area contributed by atoms with Crippen LogP contribution in [0.15, 0.2) is 0 Å². The average molecular weight is 166 g/mol. The smallest absolute Gasteiger partial charge is 0.0358 e. The van der Waals surface area contributed by atoms with Crippen molar-refractivity contribution in [3.63, 3.8) is 0 Å². The first kappa shape index (κ1) is 8.59. The summed E-state index contributed by atoms with van der Waals surface area (Å²) in [7, 11) is 0. The van der Waals surface area contributed by atoms with Crippen LogP contribution in [0, 0.1) is 23.7 Å². The van der Waals surface area contributed by atoms with E-state index in [4.69, 9.17) is 0 Å². The van der Waals surface area contributed by atoms with E-state index in [1.165, 1.54) is 32.1 Å². The third-order valence-electron chi connectivity index (χ3n) is 4.53. The van der Waals surface area contributed by atoms with Crippen LogP contribution in [0.1, 0.15) is 52.4 Å². The molecule has 0 heteroatoms. The van der Waals surface area contributed by atoms with Gasteiger partial charge in [0.05, 0.1) is 0 Å². The molecule has 2 aliphatic carbocycles. The Morgan fingerprint density at radius 3 is 2.42 bits per heavy atom.